The number of rotatable bonds is 8. The normalized spacial score (nSPS) is 24.9. The van der Waals surface area contributed by atoms with Crippen molar-refractivity contribution in [1.29, 1.82) is 0 Å². The van der Waals surface area contributed by atoms with Crippen LogP contribution in [0.3, 0.4) is 0 Å². The van der Waals surface area contributed by atoms with Crippen LogP contribution in [0, 0.1) is 5.41 Å². The van der Waals surface area contributed by atoms with Crippen LogP contribution < -0.4 is 15.4 Å². The third-order valence-corrected chi connectivity index (χ3v) is 5.96. The van der Waals surface area contributed by atoms with Crippen LogP contribution in [0.5, 0.6) is 5.75 Å². The molecule has 1 spiro atoms. The van der Waals surface area contributed by atoms with Crippen molar-refractivity contribution in [2.45, 2.75) is 71.1 Å². The Labute approximate surface area is 156 Å². The van der Waals surface area contributed by atoms with Crippen LogP contribution in [0.15, 0.2) is 24.3 Å². The number of hydrogen-bond donors (Lipinski definition) is 2. The molecule has 0 saturated heterocycles. The van der Waals surface area contributed by atoms with Gasteiger partial charge in [0.05, 0.1) is 18.8 Å². The molecule has 0 aromatic heterocycles. The molecule has 0 aliphatic heterocycles. The van der Waals surface area contributed by atoms with Crippen molar-refractivity contribution in [3.63, 3.8) is 0 Å². The number of benzene rings is 1. The molecule has 1 amide bonds. The van der Waals surface area contributed by atoms with E-state index in [4.69, 9.17) is 9.47 Å². The van der Waals surface area contributed by atoms with Crippen LogP contribution in [0.4, 0.5) is 5.69 Å². The maximum Gasteiger partial charge on any atom is 0.241 e. The molecule has 5 heteroatoms. The topological polar surface area (TPSA) is 59.6 Å². The van der Waals surface area contributed by atoms with Crippen molar-refractivity contribution < 1.29 is 14.3 Å². The number of carbonyl (C=O) groups excluding carboxylic acids is 1. The van der Waals surface area contributed by atoms with E-state index < -0.39 is 0 Å². The summed E-state index contributed by atoms with van der Waals surface area (Å²) in [5, 5.41) is 6.56. The Morgan fingerprint density at radius 1 is 1.19 bits per heavy atom. The van der Waals surface area contributed by atoms with Gasteiger partial charge in [-0.1, -0.05) is 12.8 Å². The summed E-state index contributed by atoms with van der Waals surface area (Å²) in [6, 6.07) is 7.66. The van der Waals surface area contributed by atoms with E-state index >= 15 is 0 Å². The van der Waals surface area contributed by atoms with E-state index in [2.05, 4.69) is 17.6 Å². The summed E-state index contributed by atoms with van der Waals surface area (Å²) < 4.78 is 11.4. The number of carbonyl (C=O) groups is 1. The van der Waals surface area contributed by atoms with Gasteiger partial charge >= 0.3 is 0 Å². The molecule has 3 atom stereocenters. The van der Waals surface area contributed by atoms with E-state index in [-0.39, 0.29) is 17.4 Å². The maximum absolute atomic E-state index is 12.6. The third kappa shape index (κ3) is 3.89. The standard InChI is InChI=1S/C21H32N2O3/c1-4-25-17-10-8-16(9-11-17)23-20(24)15(3)22-18-14-19(26-5-2)21(18)12-6-7-13-21/h8-11,15,18-19,22H,4-7,12-14H2,1-3H3,(H,23,24)/t15-,18-,19-/m0/s1. The Kier molecular flexibility index (Phi) is 6.20. The van der Waals surface area contributed by atoms with Crippen molar-refractivity contribution in [2.75, 3.05) is 18.5 Å². The lowest BCUT2D eigenvalue weighted by molar-refractivity contribution is -0.136. The van der Waals surface area contributed by atoms with Gasteiger partial charge in [-0.15, -0.1) is 0 Å². The van der Waals surface area contributed by atoms with Gasteiger partial charge in [-0.25, -0.2) is 0 Å². The number of hydrogen-bond acceptors (Lipinski definition) is 4. The number of anilines is 1. The third-order valence-electron chi connectivity index (χ3n) is 5.96. The monoisotopic (exact) mass is 360 g/mol. The van der Waals surface area contributed by atoms with Gasteiger partial charge in [0.1, 0.15) is 5.75 Å². The summed E-state index contributed by atoms with van der Waals surface area (Å²) in [7, 11) is 0. The first-order valence-electron chi connectivity index (χ1n) is 10.0. The minimum atomic E-state index is -0.230. The van der Waals surface area contributed by atoms with E-state index in [1.807, 2.05) is 38.1 Å². The van der Waals surface area contributed by atoms with Gasteiger partial charge in [-0.2, -0.15) is 0 Å². The lowest BCUT2D eigenvalue weighted by Gasteiger charge is -2.55. The zero-order valence-electron chi connectivity index (χ0n) is 16.2. The molecule has 1 aromatic carbocycles. The second-order valence-corrected chi connectivity index (χ2v) is 7.51. The van der Waals surface area contributed by atoms with Gasteiger partial charge in [-0.3, -0.25) is 4.79 Å². The Bertz CT molecular complexity index is 596. The van der Waals surface area contributed by atoms with Crippen LogP contribution in [0.2, 0.25) is 0 Å². The van der Waals surface area contributed by atoms with Gasteiger partial charge in [0.15, 0.2) is 0 Å². The molecular formula is C21H32N2O3. The Morgan fingerprint density at radius 2 is 1.88 bits per heavy atom. The fourth-order valence-electron chi connectivity index (χ4n) is 4.55. The van der Waals surface area contributed by atoms with Crippen molar-refractivity contribution in [1.82, 2.24) is 5.32 Å². The first-order chi connectivity index (χ1) is 12.6. The molecule has 0 radical (unpaired) electrons. The molecule has 144 valence electrons. The molecular weight excluding hydrogens is 328 g/mol. The van der Waals surface area contributed by atoms with E-state index in [1.54, 1.807) is 0 Å². The second-order valence-electron chi connectivity index (χ2n) is 7.51. The van der Waals surface area contributed by atoms with Crippen LogP contribution >= 0.6 is 0 Å². The molecule has 2 aliphatic rings. The molecule has 26 heavy (non-hydrogen) atoms. The Balaban J connectivity index is 1.54. The van der Waals surface area contributed by atoms with E-state index in [1.165, 1.54) is 25.7 Å². The van der Waals surface area contributed by atoms with Crippen LogP contribution in [-0.4, -0.2) is 37.3 Å². The lowest BCUT2D eigenvalue weighted by atomic mass is 9.60. The zero-order valence-corrected chi connectivity index (χ0v) is 16.2. The van der Waals surface area contributed by atoms with Crippen molar-refractivity contribution >= 4 is 11.6 Å². The van der Waals surface area contributed by atoms with Gasteiger partial charge < -0.3 is 20.1 Å². The maximum atomic E-state index is 12.6. The number of nitrogens with one attached hydrogen (secondary N) is 2. The van der Waals surface area contributed by atoms with Crippen LogP contribution in [0.25, 0.3) is 0 Å². The van der Waals surface area contributed by atoms with Crippen LogP contribution in [-0.2, 0) is 9.53 Å². The highest BCUT2D eigenvalue weighted by atomic mass is 16.5. The average molecular weight is 360 g/mol. The molecule has 0 heterocycles. The highest BCUT2D eigenvalue weighted by molar-refractivity contribution is 5.94. The average Bonchev–Trinajstić information content (AvgIpc) is 3.15. The van der Waals surface area contributed by atoms with Gasteiger partial charge in [-0.05, 0) is 64.3 Å². The number of ether oxygens (including phenoxy) is 2. The minimum Gasteiger partial charge on any atom is -0.494 e. The van der Waals surface area contributed by atoms with E-state index in [0.29, 0.717) is 18.8 Å². The Hall–Kier alpha value is -1.59. The van der Waals surface area contributed by atoms with E-state index in [9.17, 15) is 4.79 Å². The first kappa shape index (κ1) is 19.2. The summed E-state index contributed by atoms with van der Waals surface area (Å²) in [5.74, 6) is 0.818. The van der Waals surface area contributed by atoms with Crippen molar-refractivity contribution in [3.05, 3.63) is 24.3 Å². The van der Waals surface area contributed by atoms with Crippen molar-refractivity contribution in [2.24, 2.45) is 5.41 Å². The van der Waals surface area contributed by atoms with Gasteiger partial charge in [0.25, 0.3) is 0 Å². The molecule has 5 nitrogen and oxygen atoms in total. The summed E-state index contributed by atoms with van der Waals surface area (Å²) >= 11 is 0. The molecule has 2 N–H and O–H groups in total. The molecule has 2 aliphatic carbocycles. The highest BCUT2D eigenvalue weighted by Gasteiger charge is 2.56. The zero-order chi connectivity index (χ0) is 18.6. The van der Waals surface area contributed by atoms with Gasteiger partial charge in [0, 0.05) is 23.8 Å². The second kappa shape index (κ2) is 8.40. The number of amides is 1. The molecule has 1 aromatic rings. The molecule has 3 rings (SSSR count). The molecule has 2 saturated carbocycles. The quantitative estimate of drug-likeness (QED) is 0.741. The minimum absolute atomic E-state index is 0.00201. The fourth-order valence-corrected chi connectivity index (χ4v) is 4.55. The predicted molar refractivity (Wildman–Crippen MR) is 104 cm³/mol. The first-order valence-corrected chi connectivity index (χ1v) is 10.0. The SMILES string of the molecule is CCOc1ccc(NC(=O)[C@H](C)N[C@H]2C[C@H](OCC)C23CCCC3)cc1. The lowest BCUT2D eigenvalue weighted by Crippen LogP contribution is -2.65. The fraction of sp³-hybridized carbons (Fsp3) is 0.667. The van der Waals surface area contributed by atoms with Gasteiger partial charge in [0.2, 0.25) is 5.91 Å². The van der Waals surface area contributed by atoms with Crippen LogP contribution in [0.1, 0.15) is 52.9 Å². The molecule has 0 bridgehead atoms. The summed E-state index contributed by atoms with van der Waals surface area (Å²) in [6.07, 6.45) is 6.33. The summed E-state index contributed by atoms with van der Waals surface area (Å²) in [4.78, 5) is 12.6. The summed E-state index contributed by atoms with van der Waals surface area (Å²) in [6.45, 7) is 7.37. The van der Waals surface area contributed by atoms with E-state index in [0.717, 1.165) is 24.5 Å². The predicted octanol–water partition coefficient (Wildman–Crippen LogP) is 3.74. The highest BCUT2D eigenvalue weighted by Crippen LogP contribution is 2.54. The largest absolute Gasteiger partial charge is 0.494 e. The Morgan fingerprint density at radius 3 is 2.50 bits per heavy atom. The summed E-state index contributed by atoms with van der Waals surface area (Å²) in [5.41, 5.74) is 1.03. The van der Waals surface area contributed by atoms with Crippen molar-refractivity contribution in [3.8, 4) is 5.75 Å². The smallest absolute Gasteiger partial charge is 0.241 e. The molecule has 0 unspecified atom stereocenters. The molecule has 2 fully saturated rings.